The zero-order valence-corrected chi connectivity index (χ0v) is 16.6. The van der Waals surface area contributed by atoms with Gasteiger partial charge in [0.1, 0.15) is 5.76 Å². The summed E-state index contributed by atoms with van der Waals surface area (Å²) >= 11 is 0. The van der Waals surface area contributed by atoms with Crippen LogP contribution in [0.1, 0.15) is 52.9 Å². The molecule has 0 saturated heterocycles. The number of carbonyl (C=O) groups excluding carboxylic acids is 2. The van der Waals surface area contributed by atoms with Gasteiger partial charge in [-0.25, -0.2) is 0 Å². The molecule has 0 aliphatic rings. The van der Waals surface area contributed by atoms with E-state index in [1.807, 2.05) is 19.1 Å². The predicted molar refractivity (Wildman–Crippen MR) is 108 cm³/mol. The number of ether oxygens (including phenoxy) is 2. The molecule has 0 aliphatic heterocycles. The van der Waals surface area contributed by atoms with Crippen LogP contribution in [0.3, 0.4) is 0 Å². The lowest BCUT2D eigenvalue weighted by Gasteiger charge is -2.13. The summed E-state index contributed by atoms with van der Waals surface area (Å²) < 4.78 is 10.6. The molecule has 146 valence electrons. The van der Waals surface area contributed by atoms with Gasteiger partial charge in [0, 0.05) is 25.2 Å². The molecule has 0 spiro atoms. The third-order valence-electron chi connectivity index (χ3n) is 3.70. The van der Waals surface area contributed by atoms with E-state index in [9.17, 15) is 9.59 Å². The number of esters is 2. The maximum atomic E-state index is 12.1. The highest BCUT2D eigenvalue weighted by Gasteiger charge is 2.15. The van der Waals surface area contributed by atoms with Gasteiger partial charge in [-0.3, -0.25) is 9.59 Å². The van der Waals surface area contributed by atoms with Gasteiger partial charge in [-0.05, 0) is 45.8 Å². The minimum absolute atomic E-state index is 0.0327. The second kappa shape index (κ2) is 15.5. The van der Waals surface area contributed by atoms with E-state index in [0.29, 0.717) is 25.0 Å². The van der Waals surface area contributed by atoms with Gasteiger partial charge < -0.3 is 9.47 Å². The monoisotopic (exact) mass is 370 g/mol. The van der Waals surface area contributed by atoms with E-state index in [0.717, 1.165) is 12.8 Å². The average molecular weight is 370 g/mol. The normalized spacial score (nSPS) is 12.7. The summed E-state index contributed by atoms with van der Waals surface area (Å²) in [4.78, 5) is 23.9. The minimum Gasteiger partial charge on any atom is -0.465 e. The van der Waals surface area contributed by atoms with Crippen molar-refractivity contribution in [3.63, 3.8) is 0 Å². The highest BCUT2D eigenvalue weighted by Crippen LogP contribution is 2.12. The van der Waals surface area contributed by atoms with E-state index < -0.39 is 5.92 Å². The largest absolute Gasteiger partial charge is 0.465 e. The van der Waals surface area contributed by atoms with Crippen molar-refractivity contribution in [3.05, 3.63) is 36.1 Å². The van der Waals surface area contributed by atoms with Crippen molar-refractivity contribution < 1.29 is 19.1 Å². The van der Waals surface area contributed by atoms with Gasteiger partial charge >= 0.3 is 11.9 Å². The molecular formula is C23H30O4. The number of hydrogen-bond donors (Lipinski definition) is 0. The van der Waals surface area contributed by atoms with E-state index >= 15 is 0 Å². The molecule has 0 N–H and O–H groups in total. The standard InChI is InChI=1S/C23H30O4/c1-6-10-11-12-15-22(24)27-21(9-4)17-16-19(5)23(25)26-18-20(13-7-2)14-8-3/h2-3,6,9-10,16-17,19-20H,11-15,18H2,1,4-5H3/b10-6-,17-16-,21-9+. The van der Waals surface area contributed by atoms with E-state index in [-0.39, 0.29) is 24.5 Å². The Morgan fingerprint density at radius 3 is 2.37 bits per heavy atom. The highest BCUT2D eigenvalue weighted by atomic mass is 16.5. The van der Waals surface area contributed by atoms with Crippen molar-refractivity contribution in [2.75, 3.05) is 6.61 Å². The molecule has 0 aromatic rings. The molecule has 0 aromatic heterocycles. The number of unbranched alkanes of at least 4 members (excludes halogenated alkanes) is 1. The molecule has 4 nitrogen and oxygen atoms in total. The Morgan fingerprint density at radius 2 is 1.81 bits per heavy atom. The maximum absolute atomic E-state index is 12.1. The molecule has 0 aromatic carbocycles. The van der Waals surface area contributed by atoms with Crippen molar-refractivity contribution in [3.8, 4) is 24.7 Å². The van der Waals surface area contributed by atoms with Crippen LogP contribution in [0.4, 0.5) is 0 Å². The number of terminal acetylenes is 2. The highest BCUT2D eigenvalue weighted by molar-refractivity contribution is 5.74. The lowest BCUT2D eigenvalue weighted by atomic mass is 10.0. The summed E-state index contributed by atoms with van der Waals surface area (Å²) in [6.45, 7) is 5.61. The van der Waals surface area contributed by atoms with Gasteiger partial charge in [-0.15, -0.1) is 24.7 Å². The molecule has 0 radical (unpaired) electrons. The van der Waals surface area contributed by atoms with Crippen LogP contribution < -0.4 is 0 Å². The van der Waals surface area contributed by atoms with Crippen molar-refractivity contribution in [1.29, 1.82) is 0 Å². The van der Waals surface area contributed by atoms with Crippen LogP contribution in [0.25, 0.3) is 0 Å². The quantitative estimate of drug-likeness (QED) is 0.126. The van der Waals surface area contributed by atoms with Crippen LogP contribution in [-0.2, 0) is 19.1 Å². The summed E-state index contributed by atoms with van der Waals surface area (Å²) in [5, 5.41) is 0. The molecular weight excluding hydrogens is 340 g/mol. The second-order valence-corrected chi connectivity index (χ2v) is 6.09. The molecule has 1 atom stereocenters. The first kappa shape index (κ1) is 24.3. The fourth-order valence-electron chi connectivity index (χ4n) is 2.08. The molecule has 0 aliphatic carbocycles. The molecule has 0 amide bonds. The van der Waals surface area contributed by atoms with Gasteiger partial charge in [0.05, 0.1) is 12.5 Å². The summed E-state index contributed by atoms with van der Waals surface area (Å²) in [6, 6.07) is 0. The number of allylic oxidation sites excluding steroid dienone is 4. The van der Waals surface area contributed by atoms with E-state index in [4.69, 9.17) is 22.3 Å². The molecule has 0 bridgehead atoms. The van der Waals surface area contributed by atoms with E-state index in [1.54, 1.807) is 32.1 Å². The van der Waals surface area contributed by atoms with Crippen LogP contribution in [0.2, 0.25) is 0 Å². The maximum Gasteiger partial charge on any atom is 0.312 e. The molecule has 4 heteroatoms. The lowest BCUT2D eigenvalue weighted by Crippen LogP contribution is -2.18. The Labute approximate surface area is 163 Å². The van der Waals surface area contributed by atoms with Gasteiger partial charge in [0.2, 0.25) is 0 Å². The van der Waals surface area contributed by atoms with Crippen molar-refractivity contribution in [2.45, 2.75) is 52.9 Å². The van der Waals surface area contributed by atoms with E-state index in [2.05, 4.69) is 11.8 Å². The number of hydrogen-bond acceptors (Lipinski definition) is 4. The van der Waals surface area contributed by atoms with Gasteiger partial charge in [0.15, 0.2) is 0 Å². The fraction of sp³-hybridized carbons (Fsp3) is 0.478. The Hall–Kier alpha value is -2.72. The topological polar surface area (TPSA) is 52.6 Å². The van der Waals surface area contributed by atoms with Crippen LogP contribution in [-0.4, -0.2) is 18.5 Å². The molecule has 0 rings (SSSR count). The predicted octanol–water partition coefficient (Wildman–Crippen LogP) is 4.58. The van der Waals surface area contributed by atoms with Crippen molar-refractivity contribution in [2.24, 2.45) is 11.8 Å². The van der Waals surface area contributed by atoms with E-state index in [1.165, 1.54) is 0 Å². The summed E-state index contributed by atoms with van der Waals surface area (Å²) in [7, 11) is 0. The fourth-order valence-corrected chi connectivity index (χ4v) is 2.08. The zero-order valence-electron chi connectivity index (χ0n) is 16.6. The van der Waals surface area contributed by atoms with Crippen LogP contribution in [0, 0.1) is 36.5 Å². The Balaban J connectivity index is 4.46. The Kier molecular flexibility index (Phi) is 14.0. The molecule has 0 fully saturated rings. The molecule has 0 heterocycles. The first-order chi connectivity index (χ1) is 13.0. The van der Waals surface area contributed by atoms with Gasteiger partial charge in [0.25, 0.3) is 0 Å². The van der Waals surface area contributed by atoms with Gasteiger partial charge in [-0.1, -0.05) is 18.2 Å². The Morgan fingerprint density at radius 1 is 1.15 bits per heavy atom. The lowest BCUT2D eigenvalue weighted by molar-refractivity contribution is -0.147. The summed E-state index contributed by atoms with van der Waals surface area (Å²) in [5.74, 6) is 4.29. The Bertz CT molecular complexity index is 610. The first-order valence-corrected chi connectivity index (χ1v) is 9.18. The third-order valence-corrected chi connectivity index (χ3v) is 3.70. The van der Waals surface area contributed by atoms with Crippen LogP contribution in [0.15, 0.2) is 36.1 Å². The summed E-state index contributed by atoms with van der Waals surface area (Å²) in [5.41, 5.74) is 0. The SMILES string of the molecule is C#CCC(CC#C)COC(=O)C(C)/C=C\C(=C/C)OC(=O)CCC/C=C\C. The van der Waals surface area contributed by atoms with Gasteiger partial charge in [-0.2, -0.15) is 0 Å². The average Bonchev–Trinajstić information content (AvgIpc) is 2.66. The van der Waals surface area contributed by atoms with Crippen LogP contribution >= 0.6 is 0 Å². The molecule has 1 unspecified atom stereocenters. The zero-order chi connectivity index (χ0) is 20.5. The second-order valence-electron chi connectivity index (χ2n) is 6.09. The first-order valence-electron chi connectivity index (χ1n) is 9.18. The molecule has 0 saturated carbocycles. The third kappa shape index (κ3) is 12.3. The van der Waals surface area contributed by atoms with Crippen molar-refractivity contribution >= 4 is 11.9 Å². The summed E-state index contributed by atoms with van der Waals surface area (Å²) in [6.07, 6.45) is 22.3. The number of carbonyl (C=O) groups is 2. The smallest absolute Gasteiger partial charge is 0.312 e. The number of rotatable bonds is 12. The minimum atomic E-state index is -0.481. The van der Waals surface area contributed by atoms with Crippen LogP contribution in [0.5, 0.6) is 0 Å². The van der Waals surface area contributed by atoms with Crippen molar-refractivity contribution in [1.82, 2.24) is 0 Å². The molecule has 27 heavy (non-hydrogen) atoms.